The van der Waals surface area contributed by atoms with E-state index >= 15 is 0 Å². The zero-order valence-corrected chi connectivity index (χ0v) is 12.5. The molecule has 2 saturated heterocycles. The molecule has 3 heterocycles. The number of hydrogen-bond acceptors (Lipinski definition) is 3. The first-order valence-electron chi connectivity index (χ1n) is 7.73. The molecule has 3 atom stereocenters. The maximum atomic E-state index is 13.6. The number of nitrogens with one attached hydrogen (secondary N) is 1. The van der Waals surface area contributed by atoms with Crippen molar-refractivity contribution in [1.29, 1.82) is 0 Å². The monoisotopic (exact) mass is 292 g/mol. The normalized spacial score (nSPS) is 33.1. The third kappa shape index (κ3) is 2.28. The SMILES string of the molecule is Fc1ccc2c(c1)C(NC1CCN3CCCC13)CCS2. The van der Waals surface area contributed by atoms with Gasteiger partial charge in [0.1, 0.15) is 5.82 Å². The second-order valence-electron chi connectivity index (χ2n) is 6.18. The van der Waals surface area contributed by atoms with E-state index in [0.29, 0.717) is 12.1 Å². The van der Waals surface area contributed by atoms with Crippen LogP contribution in [-0.4, -0.2) is 35.8 Å². The van der Waals surface area contributed by atoms with Crippen LogP contribution in [0.5, 0.6) is 0 Å². The topological polar surface area (TPSA) is 15.3 Å². The predicted octanol–water partition coefficient (Wildman–Crippen LogP) is 3.19. The molecule has 3 unspecified atom stereocenters. The van der Waals surface area contributed by atoms with Gasteiger partial charge < -0.3 is 5.32 Å². The Morgan fingerprint density at radius 3 is 3.10 bits per heavy atom. The molecule has 0 bridgehead atoms. The predicted molar refractivity (Wildman–Crippen MR) is 80.6 cm³/mol. The zero-order chi connectivity index (χ0) is 13.5. The summed E-state index contributed by atoms with van der Waals surface area (Å²) in [5.74, 6) is 1.03. The molecular formula is C16H21FN2S. The van der Waals surface area contributed by atoms with Gasteiger partial charge in [-0.1, -0.05) is 0 Å². The van der Waals surface area contributed by atoms with Crippen molar-refractivity contribution in [2.75, 3.05) is 18.8 Å². The molecule has 3 aliphatic heterocycles. The lowest BCUT2D eigenvalue weighted by molar-refractivity contribution is 0.286. The third-order valence-corrected chi connectivity index (χ3v) is 6.16. The quantitative estimate of drug-likeness (QED) is 0.901. The summed E-state index contributed by atoms with van der Waals surface area (Å²) in [5, 5.41) is 3.85. The Bertz CT molecular complexity index is 507. The second-order valence-corrected chi connectivity index (χ2v) is 7.32. The number of hydrogen-bond donors (Lipinski definition) is 1. The summed E-state index contributed by atoms with van der Waals surface area (Å²) in [6, 6.07) is 6.93. The van der Waals surface area contributed by atoms with Crippen molar-refractivity contribution in [3.8, 4) is 0 Å². The van der Waals surface area contributed by atoms with Crippen LogP contribution in [0, 0.1) is 5.82 Å². The summed E-state index contributed by atoms with van der Waals surface area (Å²) < 4.78 is 13.6. The molecule has 0 spiro atoms. The van der Waals surface area contributed by atoms with E-state index in [0.717, 1.165) is 18.2 Å². The van der Waals surface area contributed by atoms with Crippen LogP contribution in [0.15, 0.2) is 23.1 Å². The van der Waals surface area contributed by atoms with Crippen molar-refractivity contribution in [2.45, 2.75) is 48.7 Å². The fourth-order valence-electron chi connectivity index (χ4n) is 4.07. The number of thioether (sulfide) groups is 1. The lowest BCUT2D eigenvalue weighted by Crippen LogP contribution is -2.41. The number of nitrogens with zero attached hydrogens (tertiary/aromatic N) is 1. The van der Waals surface area contributed by atoms with Crippen LogP contribution in [0.1, 0.15) is 37.3 Å². The van der Waals surface area contributed by atoms with Gasteiger partial charge in [0.25, 0.3) is 0 Å². The van der Waals surface area contributed by atoms with Gasteiger partial charge >= 0.3 is 0 Å². The largest absolute Gasteiger partial charge is 0.305 e. The number of benzene rings is 1. The van der Waals surface area contributed by atoms with Crippen molar-refractivity contribution in [3.63, 3.8) is 0 Å². The molecule has 20 heavy (non-hydrogen) atoms. The maximum absolute atomic E-state index is 13.6. The van der Waals surface area contributed by atoms with Crippen molar-refractivity contribution in [3.05, 3.63) is 29.6 Å². The van der Waals surface area contributed by atoms with Gasteiger partial charge in [0.05, 0.1) is 0 Å². The summed E-state index contributed by atoms with van der Waals surface area (Å²) in [6.45, 7) is 2.51. The minimum atomic E-state index is -0.105. The highest BCUT2D eigenvalue weighted by Gasteiger charge is 2.38. The Kier molecular flexibility index (Phi) is 3.49. The van der Waals surface area contributed by atoms with Crippen LogP contribution in [0.25, 0.3) is 0 Å². The Morgan fingerprint density at radius 1 is 1.20 bits per heavy atom. The van der Waals surface area contributed by atoms with Crippen LogP contribution in [0.2, 0.25) is 0 Å². The molecule has 1 aromatic carbocycles. The Hall–Kier alpha value is -0.580. The number of fused-ring (bicyclic) bond motifs is 2. The maximum Gasteiger partial charge on any atom is 0.123 e. The van der Waals surface area contributed by atoms with Gasteiger partial charge in [-0.05, 0) is 61.7 Å². The Morgan fingerprint density at radius 2 is 2.15 bits per heavy atom. The first-order valence-corrected chi connectivity index (χ1v) is 8.72. The summed E-state index contributed by atoms with van der Waals surface area (Å²) in [5.41, 5.74) is 1.18. The van der Waals surface area contributed by atoms with Crippen LogP contribution < -0.4 is 5.32 Å². The van der Waals surface area contributed by atoms with Crippen molar-refractivity contribution in [1.82, 2.24) is 10.2 Å². The van der Waals surface area contributed by atoms with Crippen LogP contribution in [0.3, 0.4) is 0 Å². The van der Waals surface area contributed by atoms with Crippen molar-refractivity contribution >= 4 is 11.8 Å². The van der Waals surface area contributed by atoms with Gasteiger partial charge in [-0.15, -0.1) is 11.8 Å². The van der Waals surface area contributed by atoms with E-state index in [-0.39, 0.29) is 5.82 Å². The summed E-state index contributed by atoms with van der Waals surface area (Å²) in [6.07, 6.45) is 5.03. The molecule has 0 aliphatic carbocycles. The lowest BCUT2D eigenvalue weighted by atomic mass is 9.99. The molecule has 1 aromatic rings. The Balaban J connectivity index is 1.54. The fraction of sp³-hybridized carbons (Fsp3) is 0.625. The van der Waals surface area contributed by atoms with E-state index in [1.54, 1.807) is 12.1 Å². The fourth-order valence-corrected chi connectivity index (χ4v) is 5.18. The summed E-state index contributed by atoms with van der Waals surface area (Å²) in [4.78, 5) is 3.89. The van der Waals surface area contributed by atoms with Crippen molar-refractivity contribution in [2.24, 2.45) is 0 Å². The van der Waals surface area contributed by atoms with E-state index in [2.05, 4.69) is 10.2 Å². The van der Waals surface area contributed by atoms with Crippen LogP contribution in [0.4, 0.5) is 4.39 Å². The van der Waals surface area contributed by atoms with Gasteiger partial charge in [-0.3, -0.25) is 4.90 Å². The Labute approximate surface area is 124 Å². The van der Waals surface area contributed by atoms with Gasteiger partial charge in [0, 0.05) is 29.6 Å². The van der Waals surface area contributed by atoms with Crippen LogP contribution in [-0.2, 0) is 0 Å². The average Bonchev–Trinajstić information content (AvgIpc) is 3.04. The molecule has 1 N–H and O–H groups in total. The van der Waals surface area contributed by atoms with Gasteiger partial charge in [0.15, 0.2) is 0 Å². The summed E-state index contributed by atoms with van der Waals surface area (Å²) in [7, 11) is 0. The molecular weight excluding hydrogens is 271 g/mol. The molecule has 0 amide bonds. The van der Waals surface area contributed by atoms with Crippen LogP contribution >= 0.6 is 11.8 Å². The molecule has 4 heteroatoms. The standard InChI is InChI=1S/C16H21FN2S/c17-11-3-4-16-12(10-11)13(6-9-20-16)18-14-5-8-19-7-1-2-15(14)19/h3-4,10,13-15,18H,1-2,5-9H2. The van der Waals surface area contributed by atoms with E-state index in [1.165, 1.54) is 42.8 Å². The number of halogens is 1. The minimum absolute atomic E-state index is 0.105. The molecule has 2 nitrogen and oxygen atoms in total. The molecule has 4 rings (SSSR count). The highest BCUT2D eigenvalue weighted by molar-refractivity contribution is 7.99. The summed E-state index contributed by atoms with van der Waals surface area (Å²) >= 11 is 1.86. The van der Waals surface area contributed by atoms with Gasteiger partial charge in [-0.25, -0.2) is 4.39 Å². The van der Waals surface area contributed by atoms with Gasteiger partial charge in [-0.2, -0.15) is 0 Å². The van der Waals surface area contributed by atoms with Gasteiger partial charge in [0.2, 0.25) is 0 Å². The molecule has 3 aliphatic rings. The molecule has 0 radical (unpaired) electrons. The minimum Gasteiger partial charge on any atom is -0.305 e. The molecule has 108 valence electrons. The molecule has 2 fully saturated rings. The highest BCUT2D eigenvalue weighted by Crippen LogP contribution is 2.38. The second kappa shape index (κ2) is 5.32. The number of rotatable bonds is 2. The first-order chi connectivity index (χ1) is 9.81. The van der Waals surface area contributed by atoms with E-state index < -0.39 is 0 Å². The highest BCUT2D eigenvalue weighted by atomic mass is 32.2. The van der Waals surface area contributed by atoms with E-state index in [4.69, 9.17) is 0 Å². The smallest absolute Gasteiger partial charge is 0.123 e. The molecule has 0 aromatic heterocycles. The zero-order valence-electron chi connectivity index (χ0n) is 11.6. The van der Waals surface area contributed by atoms with E-state index in [9.17, 15) is 4.39 Å². The van der Waals surface area contributed by atoms with E-state index in [1.807, 2.05) is 17.8 Å². The lowest BCUT2D eigenvalue weighted by Gasteiger charge is -2.31. The third-order valence-electron chi connectivity index (χ3n) is 5.03. The average molecular weight is 292 g/mol. The van der Waals surface area contributed by atoms with Crippen molar-refractivity contribution < 1.29 is 4.39 Å². The molecule has 0 saturated carbocycles. The first kappa shape index (κ1) is 13.1.